The van der Waals surface area contributed by atoms with E-state index in [1.807, 2.05) is 0 Å². The highest BCUT2D eigenvalue weighted by atomic mass is 19.2. The van der Waals surface area contributed by atoms with Crippen molar-refractivity contribution in [2.75, 3.05) is 26.4 Å². The Kier molecular flexibility index (Phi) is 3.18. The fraction of sp³-hybridized carbons (Fsp3) is 0.455. The van der Waals surface area contributed by atoms with Gasteiger partial charge in [-0.15, -0.1) is 0 Å². The molecule has 88 valence electrons. The molecule has 0 unspecified atom stereocenters. The molecule has 0 aromatic heterocycles. The fourth-order valence-corrected chi connectivity index (χ4v) is 1.64. The number of benzene rings is 1. The summed E-state index contributed by atoms with van der Waals surface area (Å²) in [4.78, 5) is 0. The lowest BCUT2D eigenvalue weighted by atomic mass is 9.91. The van der Waals surface area contributed by atoms with Crippen molar-refractivity contribution >= 4 is 0 Å². The smallest absolute Gasteiger partial charge is 0.159 e. The molecule has 1 aromatic carbocycles. The summed E-state index contributed by atoms with van der Waals surface area (Å²) >= 11 is 0. The molecule has 0 saturated carbocycles. The minimum Gasteiger partial charge on any atom is -0.394 e. The molecule has 0 amide bonds. The van der Waals surface area contributed by atoms with Crippen LogP contribution in [0.1, 0.15) is 5.56 Å². The monoisotopic (exact) mass is 230 g/mol. The SMILES string of the molecule is OCCOC1(c2ccc(F)c(F)c2)COC1. The Morgan fingerprint density at radius 1 is 1.31 bits per heavy atom. The predicted molar refractivity (Wildman–Crippen MR) is 51.9 cm³/mol. The first kappa shape index (κ1) is 11.4. The van der Waals surface area contributed by atoms with Crippen LogP contribution in [0.4, 0.5) is 8.78 Å². The molecule has 1 heterocycles. The maximum absolute atomic E-state index is 13.1. The third-order valence-corrected chi connectivity index (χ3v) is 2.59. The average molecular weight is 230 g/mol. The number of hydrogen-bond donors (Lipinski definition) is 1. The second-order valence-corrected chi connectivity index (χ2v) is 3.69. The zero-order valence-corrected chi connectivity index (χ0v) is 8.58. The highest BCUT2D eigenvalue weighted by Gasteiger charge is 2.41. The first-order valence-corrected chi connectivity index (χ1v) is 4.96. The highest BCUT2D eigenvalue weighted by molar-refractivity contribution is 5.26. The van der Waals surface area contributed by atoms with Gasteiger partial charge in [0.25, 0.3) is 0 Å². The third kappa shape index (κ3) is 1.93. The lowest BCUT2D eigenvalue weighted by Gasteiger charge is -2.41. The molecule has 3 nitrogen and oxygen atoms in total. The van der Waals surface area contributed by atoms with Crippen molar-refractivity contribution in [2.24, 2.45) is 0 Å². The number of hydrogen-bond acceptors (Lipinski definition) is 3. The van der Waals surface area contributed by atoms with Crippen molar-refractivity contribution in [3.63, 3.8) is 0 Å². The summed E-state index contributed by atoms with van der Waals surface area (Å²) in [6.07, 6.45) is 0. The van der Waals surface area contributed by atoms with Crippen molar-refractivity contribution in [2.45, 2.75) is 5.60 Å². The summed E-state index contributed by atoms with van der Waals surface area (Å²) in [6, 6.07) is 3.64. The van der Waals surface area contributed by atoms with Crippen LogP contribution in [-0.2, 0) is 15.1 Å². The van der Waals surface area contributed by atoms with Gasteiger partial charge in [0, 0.05) is 0 Å². The summed E-state index contributed by atoms with van der Waals surface area (Å²) < 4.78 is 36.3. The predicted octanol–water partition coefficient (Wildman–Crippen LogP) is 1.20. The van der Waals surface area contributed by atoms with Crippen LogP contribution in [0, 0.1) is 11.6 Å². The minimum atomic E-state index is -0.906. The van der Waals surface area contributed by atoms with E-state index >= 15 is 0 Å². The minimum absolute atomic E-state index is 0.120. The van der Waals surface area contributed by atoms with Crippen LogP contribution in [0.15, 0.2) is 18.2 Å². The molecule has 1 fully saturated rings. The van der Waals surface area contributed by atoms with Crippen LogP contribution >= 0.6 is 0 Å². The molecular weight excluding hydrogens is 218 g/mol. The Morgan fingerprint density at radius 3 is 2.56 bits per heavy atom. The van der Waals surface area contributed by atoms with Gasteiger partial charge in [0.1, 0.15) is 5.60 Å². The normalized spacial score (nSPS) is 18.2. The molecule has 0 atom stereocenters. The molecule has 0 bridgehead atoms. The molecule has 16 heavy (non-hydrogen) atoms. The quantitative estimate of drug-likeness (QED) is 0.844. The summed E-state index contributed by atoms with van der Waals surface area (Å²) in [5.41, 5.74) is -0.205. The van der Waals surface area contributed by atoms with Crippen molar-refractivity contribution in [3.8, 4) is 0 Å². The largest absolute Gasteiger partial charge is 0.394 e. The molecule has 1 aliphatic rings. The average Bonchev–Trinajstić information content (AvgIpc) is 2.22. The van der Waals surface area contributed by atoms with Gasteiger partial charge in [-0.25, -0.2) is 8.78 Å². The Labute approximate surface area is 91.6 Å². The van der Waals surface area contributed by atoms with Gasteiger partial charge in [-0.2, -0.15) is 0 Å². The maximum Gasteiger partial charge on any atom is 0.159 e. The first-order valence-electron chi connectivity index (χ1n) is 4.96. The molecular formula is C11H12F2O3. The summed E-state index contributed by atoms with van der Waals surface area (Å²) in [6.45, 7) is 0.601. The molecule has 1 aromatic rings. The Balaban J connectivity index is 2.22. The van der Waals surface area contributed by atoms with E-state index in [2.05, 4.69) is 0 Å². The fourth-order valence-electron chi connectivity index (χ4n) is 1.64. The van der Waals surface area contributed by atoms with Gasteiger partial charge < -0.3 is 14.6 Å². The van der Waals surface area contributed by atoms with Crippen molar-refractivity contribution in [3.05, 3.63) is 35.4 Å². The van der Waals surface area contributed by atoms with Gasteiger partial charge in [-0.3, -0.25) is 0 Å². The molecule has 1 N–H and O–H groups in total. The summed E-state index contributed by atoms with van der Waals surface area (Å²) in [5, 5.41) is 8.69. The molecule has 0 radical (unpaired) electrons. The second-order valence-electron chi connectivity index (χ2n) is 3.69. The molecule has 1 saturated heterocycles. The third-order valence-electron chi connectivity index (χ3n) is 2.59. The van der Waals surface area contributed by atoms with Crippen molar-refractivity contribution < 1.29 is 23.4 Å². The topological polar surface area (TPSA) is 38.7 Å². The van der Waals surface area contributed by atoms with Gasteiger partial charge in [-0.1, -0.05) is 6.07 Å². The zero-order chi connectivity index (χ0) is 11.6. The summed E-state index contributed by atoms with van der Waals surface area (Å²) in [7, 11) is 0. The zero-order valence-electron chi connectivity index (χ0n) is 8.58. The van der Waals surface area contributed by atoms with E-state index in [1.54, 1.807) is 0 Å². The first-order chi connectivity index (χ1) is 7.68. The molecule has 0 spiro atoms. The van der Waals surface area contributed by atoms with E-state index in [0.717, 1.165) is 12.1 Å². The van der Waals surface area contributed by atoms with Gasteiger partial charge in [0.05, 0.1) is 26.4 Å². The lowest BCUT2D eigenvalue weighted by Crippen LogP contribution is -2.49. The molecule has 0 aliphatic carbocycles. The lowest BCUT2D eigenvalue weighted by molar-refractivity contribution is -0.219. The summed E-state index contributed by atoms with van der Waals surface area (Å²) in [5.74, 6) is -1.79. The van der Waals surface area contributed by atoms with Crippen LogP contribution < -0.4 is 0 Å². The maximum atomic E-state index is 13.1. The Morgan fingerprint density at radius 2 is 2.06 bits per heavy atom. The number of aliphatic hydroxyl groups excluding tert-OH is 1. The standard InChI is InChI=1S/C11H12F2O3/c12-9-2-1-8(5-10(9)13)11(6-15-7-11)16-4-3-14/h1-2,5,14H,3-4,6-7H2. The van der Waals surface area contributed by atoms with E-state index in [9.17, 15) is 8.78 Å². The van der Waals surface area contributed by atoms with Crippen LogP contribution in [-0.4, -0.2) is 31.5 Å². The van der Waals surface area contributed by atoms with Gasteiger partial charge >= 0.3 is 0 Å². The van der Waals surface area contributed by atoms with Crippen LogP contribution in [0.2, 0.25) is 0 Å². The van der Waals surface area contributed by atoms with Crippen LogP contribution in [0.3, 0.4) is 0 Å². The Bertz CT molecular complexity index is 377. The van der Waals surface area contributed by atoms with Crippen molar-refractivity contribution in [1.82, 2.24) is 0 Å². The number of aliphatic hydroxyl groups is 1. The molecule has 5 heteroatoms. The van der Waals surface area contributed by atoms with Gasteiger partial charge in [0.15, 0.2) is 11.6 Å². The van der Waals surface area contributed by atoms with Crippen molar-refractivity contribution in [1.29, 1.82) is 0 Å². The molecule has 2 rings (SSSR count). The van der Waals surface area contributed by atoms with E-state index in [0.29, 0.717) is 5.56 Å². The number of ether oxygens (including phenoxy) is 2. The second kappa shape index (κ2) is 4.45. The van der Waals surface area contributed by atoms with E-state index in [4.69, 9.17) is 14.6 Å². The van der Waals surface area contributed by atoms with E-state index in [1.165, 1.54) is 6.07 Å². The van der Waals surface area contributed by atoms with Crippen LogP contribution in [0.25, 0.3) is 0 Å². The van der Waals surface area contributed by atoms with E-state index in [-0.39, 0.29) is 26.4 Å². The van der Waals surface area contributed by atoms with Crippen LogP contribution in [0.5, 0.6) is 0 Å². The number of halogens is 2. The highest BCUT2D eigenvalue weighted by Crippen LogP contribution is 2.34. The van der Waals surface area contributed by atoms with Gasteiger partial charge in [0.2, 0.25) is 0 Å². The van der Waals surface area contributed by atoms with E-state index < -0.39 is 17.2 Å². The Hall–Kier alpha value is -1.04. The van der Waals surface area contributed by atoms with Gasteiger partial charge in [-0.05, 0) is 17.7 Å². The number of rotatable bonds is 4. The molecule has 1 aliphatic heterocycles.